The molecule has 16 heavy (non-hydrogen) atoms. The third kappa shape index (κ3) is 1.79. The summed E-state index contributed by atoms with van der Waals surface area (Å²) in [6, 6.07) is 0. The van der Waals surface area contributed by atoms with E-state index in [2.05, 4.69) is 25.6 Å². The highest BCUT2D eigenvalue weighted by Gasteiger charge is 2.54. The molecule has 2 heterocycles. The molecule has 2 heteroatoms. The molecule has 2 bridgehead atoms. The minimum Gasteiger partial charge on any atom is -0.501 e. The molecule has 90 valence electrons. The van der Waals surface area contributed by atoms with E-state index < -0.39 is 0 Å². The monoisotopic (exact) mass is 238 g/mol. The van der Waals surface area contributed by atoms with Crippen molar-refractivity contribution in [3.63, 3.8) is 0 Å². The number of ether oxygens (including phenoxy) is 1. The first kappa shape index (κ1) is 11.0. The van der Waals surface area contributed by atoms with Crippen molar-refractivity contribution in [3.8, 4) is 0 Å². The van der Waals surface area contributed by atoms with Gasteiger partial charge in [-0.05, 0) is 50.5 Å². The Morgan fingerprint density at radius 3 is 2.94 bits per heavy atom. The van der Waals surface area contributed by atoms with Gasteiger partial charge in [-0.25, -0.2) is 0 Å². The highest BCUT2D eigenvalue weighted by molar-refractivity contribution is 8.01. The summed E-state index contributed by atoms with van der Waals surface area (Å²) in [7, 11) is 0. The quantitative estimate of drug-likeness (QED) is 0.691. The van der Waals surface area contributed by atoms with Crippen LogP contribution in [-0.4, -0.2) is 17.1 Å². The predicted molar refractivity (Wildman–Crippen MR) is 69.5 cm³/mol. The van der Waals surface area contributed by atoms with E-state index in [9.17, 15) is 0 Å². The van der Waals surface area contributed by atoms with Gasteiger partial charge in [-0.2, -0.15) is 11.8 Å². The van der Waals surface area contributed by atoms with Crippen molar-refractivity contribution >= 4 is 11.8 Å². The van der Waals surface area contributed by atoms with Crippen LogP contribution in [0.5, 0.6) is 0 Å². The number of hydrogen-bond acceptors (Lipinski definition) is 2. The lowest BCUT2D eigenvalue weighted by Gasteiger charge is -2.29. The van der Waals surface area contributed by atoms with Gasteiger partial charge >= 0.3 is 0 Å². The van der Waals surface area contributed by atoms with Gasteiger partial charge in [0.1, 0.15) is 0 Å². The molecule has 0 N–H and O–H groups in total. The van der Waals surface area contributed by atoms with Gasteiger partial charge in [0, 0.05) is 16.4 Å². The molecule has 3 rings (SSSR count). The topological polar surface area (TPSA) is 9.23 Å². The first-order chi connectivity index (χ1) is 7.75. The van der Waals surface area contributed by atoms with Gasteiger partial charge in [0.15, 0.2) is 0 Å². The van der Waals surface area contributed by atoms with E-state index in [1.807, 2.05) is 6.26 Å². The number of rotatable bonds is 3. The molecule has 2 saturated heterocycles. The summed E-state index contributed by atoms with van der Waals surface area (Å²) >= 11 is 2.29. The summed E-state index contributed by atoms with van der Waals surface area (Å²) in [6.45, 7) is 5.16. The summed E-state index contributed by atoms with van der Waals surface area (Å²) < 4.78 is 5.70. The van der Waals surface area contributed by atoms with Gasteiger partial charge < -0.3 is 4.74 Å². The van der Waals surface area contributed by atoms with Crippen molar-refractivity contribution in [2.24, 2.45) is 17.8 Å². The van der Waals surface area contributed by atoms with Crippen molar-refractivity contribution in [1.82, 2.24) is 0 Å². The minimum atomic E-state index is 0.838. The van der Waals surface area contributed by atoms with E-state index in [1.54, 1.807) is 0 Å². The number of thioether (sulfide) groups is 1. The summed E-state index contributed by atoms with van der Waals surface area (Å²) in [4.78, 5) is 0. The van der Waals surface area contributed by atoms with Crippen LogP contribution in [0, 0.1) is 17.8 Å². The maximum Gasteiger partial charge on any atom is 0.0912 e. The second-order valence-corrected chi connectivity index (χ2v) is 7.34. The average molecular weight is 238 g/mol. The van der Waals surface area contributed by atoms with E-state index in [4.69, 9.17) is 4.74 Å². The van der Waals surface area contributed by atoms with Crippen molar-refractivity contribution < 1.29 is 4.74 Å². The predicted octanol–water partition coefficient (Wildman–Crippen LogP) is 3.85. The third-order valence-electron chi connectivity index (χ3n) is 4.49. The van der Waals surface area contributed by atoms with E-state index in [-0.39, 0.29) is 0 Å². The Morgan fingerprint density at radius 2 is 2.12 bits per heavy atom. The summed E-state index contributed by atoms with van der Waals surface area (Å²) in [5, 5.41) is 1.92. The highest BCUT2D eigenvalue weighted by Crippen LogP contribution is 2.61. The SMILES string of the molecule is CC(C)=COCC1CC2SC1C1CCCC21. The lowest BCUT2D eigenvalue weighted by atomic mass is 9.76. The number of fused-ring (bicyclic) bond motifs is 5. The van der Waals surface area contributed by atoms with Gasteiger partial charge in [-0.15, -0.1) is 0 Å². The van der Waals surface area contributed by atoms with Crippen LogP contribution in [0.3, 0.4) is 0 Å². The second kappa shape index (κ2) is 4.29. The van der Waals surface area contributed by atoms with Crippen LogP contribution in [0.25, 0.3) is 0 Å². The largest absolute Gasteiger partial charge is 0.501 e. The van der Waals surface area contributed by atoms with Crippen LogP contribution < -0.4 is 0 Å². The first-order valence-corrected chi connectivity index (χ1v) is 7.60. The molecule has 1 saturated carbocycles. The van der Waals surface area contributed by atoms with Crippen molar-refractivity contribution in [3.05, 3.63) is 11.8 Å². The summed E-state index contributed by atoms with van der Waals surface area (Å²) in [5.74, 6) is 2.96. The number of allylic oxidation sites excluding steroid dienone is 1. The molecule has 2 aliphatic heterocycles. The average Bonchev–Trinajstić information content (AvgIpc) is 2.87. The second-order valence-electron chi connectivity index (χ2n) is 5.92. The maximum absolute atomic E-state index is 5.70. The minimum absolute atomic E-state index is 0.838. The molecular formula is C14H22OS. The fourth-order valence-electron chi connectivity index (χ4n) is 3.92. The van der Waals surface area contributed by atoms with Crippen LogP contribution in [0.4, 0.5) is 0 Å². The lowest BCUT2D eigenvalue weighted by molar-refractivity contribution is 0.147. The Labute approximate surface area is 103 Å². The van der Waals surface area contributed by atoms with E-state index in [0.717, 1.165) is 34.9 Å². The molecule has 0 aromatic carbocycles. The first-order valence-electron chi connectivity index (χ1n) is 6.66. The maximum atomic E-state index is 5.70. The molecule has 5 unspecified atom stereocenters. The van der Waals surface area contributed by atoms with Gasteiger partial charge in [0.25, 0.3) is 0 Å². The normalized spacial score (nSPS) is 44.5. The Balaban J connectivity index is 1.58. The highest BCUT2D eigenvalue weighted by atomic mass is 32.2. The van der Waals surface area contributed by atoms with Crippen LogP contribution in [0.1, 0.15) is 39.5 Å². The molecule has 5 atom stereocenters. The van der Waals surface area contributed by atoms with Crippen molar-refractivity contribution in [2.45, 2.75) is 50.0 Å². The molecule has 0 aromatic rings. The zero-order valence-corrected chi connectivity index (χ0v) is 11.1. The van der Waals surface area contributed by atoms with Crippen LogP contribution in [-0.2, 0) is 4.74 Å². The van der Waals surface area contributed by atoms with Gasteiger partial charge in [0.05, 0.1) is 12.9 Å². The van der Waals surface area contributed by atoms with E-state index in [1.165, 1.54) is 31.3 Å². The lowest BCUT2D eigenvalue weighted by Crippen LogP contribution is -2.31. The third-order valence-corrected chi connectivity index (χ3v) is 6.43. The molecule has 3 fully saturated rings. The van der Waals surface area contributed by atoms with Crippen LogP contribution in [0.15, 0.2) is 11.8 Å². The molecule has 0 radical (unpaired) electrons. The summed E-state index contributed by atoms with van der Waals surface area (Å²) in [6.07, 6.45) is 7.86. The van der Waals surface area contributed by atoms with E-state index >= 15 is 0 Å². The molecule has 0 amide bonds. The fraction of sp³-hybridized carbons (Fsp3) is 0.857. The van der Waals surface area contributed by atoms with Crippen LogP contribution >= 0.6 is 11.8 Å². The Kier molecular flexibility index (Phi) is 2.95. The van der Waals surface area contributed by atoms with Crippen LogP contribution in [0.2, 0.25) is 0 Å². The Morgan fingerprint density at radius 1 is 1.31 bits per heavy atom. The molecule has 3 aliphatic rings. The molecule has 1 nitrogen and oxygen atoms in total. The van der Waals surface area contributed by atoms with Gasteiger partial charge in [-0.3, -0.25) is 0 Å². The zero-order chi connectivity index (χ0) is 11.1. The summed E-state index contributed by atoms with van der Waals surface area (Å²) in [5.41, 5.74) is 1.27. The van der Waals surface area contributed by atoms with E-state index in [0.29, 0.717) is 0 Å². The zero-order valence-electron chi connectivity index (χ0n) is 10.3. The fourth-order valence-corrected chi connectivity index (χ4v) is 6.17. The van der Waals surface area contributed by atoms with Gasteiger partial charge in [-0.1, -0.05) is 6.42 Å². The standard InChI is InChI=1S/C14H22OS/c1-9(2)7-15-8-10-6-13-11-4-3-5-12(11)14(10)16-13/h7,10-14H,3-6,8H2,1-2H3. The molecular weight excluding hydrogens is 216 g/mol. The van der Waals surface area contributed by atoms with Gasteiger partial charge in [0.2, 0.25) is 0 Å². The number of hydrogen-bond donors (Lipinski definition) is 0. The molecule has 1 aliphatic carbocycles. The molecule has 0 aromatic heterocycles. The Bertz CT molecular complexity index is 295. The Hall–Kier alpha value is -0.110. The van der Waals surface area contributed by atoms with Crippen molar-refractivity contribution in [2.75, 3.05) is 6.61 Å². The van der Waals surface area contributed by atoms with Crippen molar-refractivity contribution in [1.29, 1.82) is 0 Å². The molecule has 0 spiro atoms. The smallest absolute Gasteiger partial charge is 0.0912 e.